The number of imide groups is 1. The maximum absolute atomic E-state index is 12.6. The highest BCUT2D eigenvalue weighted by molar-refractivity contribution is 6.31. The molecule has 25 heavy (non-hydrogen) atoms. The molecule has 0 aromatic heterocycles. The van der Waals surface area contributed by atoms with Gasteiger partial charge in [0.05, 0.1) is 11.1 Å². The lowest BCUT2D eigenvalue weighted by Gasteiger charge is -2.28. The normalized spacial score (nSPS) is 15.0. The Bertz CT molecular complexity index is 800. The molecule has 130 valence electrons. The molecule has 2 aromatic carbocycles. The summed E-state index contributed by atoms with van der Waals surface area (Å²) < 4.78 is 0. The van der Waals surface area contributed by atoms with Gasteiger partial charge in [0.1, 0.15) is 5.75 Å². The Kier molecular flexibility index (Phi) is 4.79. The summed E-state index contributed by atoms with van der Waals surface area (Å²) in [4.78, 5) is 28.4. The van der Waals surface area contributed by atoms with E-state index in [4.69, 9.17) is 11.6 Å². The largest absolute Gasteiger partial charge is 0.508 e. The molecule has 0 saturated carbocycles. The predicted molar refractivity (Wildman–Crippen MR) is 96.1 cm³/mol. The molecule has 6 heteroatoms. The minimum Gasteiger partial charge on any atom is -0.508 e. The second-order valence-corrected chi connectivity index (χ2v) is 6.77. The van der Waals surface area contributed by atoms with Gasteiger partial charge in [-0.1, -0.05) is 29.8 Å². The highest BCUT2D eigenvalue weighted by atomic mass is 35.5. The van der Waals surface area contributed by atoms with Gasteiger partial charge in [-0.05, 0) is 50.3 Å². The van der Waals surface area contributed by atoms with Gasteiger partial charge in [-0.25, -0.2) is 0 Å². The molecule has 2 aromatic rings. The summed E-state index contributed by atoms with van der Waals surface area (Å²) in [7, 11) is 3.80. The van der Waals surface area contributed by atoms with Gasteiger partial charge in [0, 0.05) is 17.6 Å². The lowest BCUT2D eigenvalue weighted by atomic mass is 10.0. The minimum atomic E-state index is -0.260. The number of halogens is 1. The Morgan fingerprint density at radius 2 is 1.68 bits per heavy atom. The summed E-state index contributed by atoms with van der Waals surface area (Å²) in [5, 5.41) is 9.95. The maximum atomic E-state index is 12.6. The van der Waals surface area contributed by atoms with E-state index in [0.717, 1.165) is 5.56 Å². The first-order valence-corrected chi connectivity index (χ1v) is 8.35. The van der Waals surface area contributed by atoms with E-state index >= 15 is 0 Å². The van der Waals surface area contributed by atoms with E-state index in [1.165, 1.54) is 11.0 Å². The number of amides is 2. The van der Waals surface area contributed by atoms with E-state index in [9.17, 15) is 14.7 Å². The number of fused-ring (bicyclic) bond motifs is 1. The van der Waals surface area contributed by atoms with Gasteiger partial charge in [0.15, 0.2) is 0 Å². The van der Waals surface area contributed by atoms with Crippen LogP contribution < -0.4 is 0 Å². The number of benzene rings is 2. The first-order valence-electron chi connectivity index (χ1n) is 7.97. The number of rotatable bonds is 5. The van der Waals surface area contributed by atoms with Crippen molar-refractivity contribution in [1.82, 2.24) is 9.80 Å². The molecule has 1 aliphatic rings. The molecule has 0 fully saturated rings. The average molecular weight is 359 g/mol. The summed E-state index contributed by atoms with van der Waals surface area (Å²) in [6.07, 6.45) is 0.555. The number of nitrogens with zero attached hydrogens (tertiary/aromatic N) is 2. The summed E-state index contributed by atoms with van der Waals surface area (Å²) in [6, 6.07) is 11.6. The third kappa shape index (κ3) is 3.38. The Balaban J connectivity index is 1.81. The Hall–Kier alpha value is -2.37. The summed E-state index contributed by atoms with van der Waals surface area (Å²) >= 11 is 6.20. The van der Waals surface area contributed by atoms with Crippen molar-refractivity contribution in [1.29, 1.82) is 0 Å². The first-order chi connectivity index (χ1) is 11.9. The minimum absolute atomic E-state index is 0.0933. The predicted octanol–water partition coefficient (Wildman–Crippen LogP) is 2.81. The lowest BCUT2D eigenvalue weighted by molar-refractivity contribution is 0.0612. The van der Waals surface area contributed by atoms with E-state index in [2.05, 4.69) is 0 Å². The fourth-order valence-electron chi connectivity index (χ4n) is 2.98. The second-order valence-electron chi connectivity index (χ2n) is 6.36. The molecule has 0 radical (unpaired) electrons. The van der Waals surface area contributed by atoms with Crippen molar-refractivity contribution in [2.75, 3.05) is 20.6 Å². The number of likely N-dealkylation sites (N-methyl/N-ethyl adjacent to an activating group) is 1. The number of aromatic hydroxyl groups is 1. The molecule has 3 rings (SSSR count). The van der Waals surface area contributed by atoms with Crippen molar-refractivity contribution in [2.45, 2.75) is 12.5 Å². The number of hydrogen-bond acceptors (Lipinski definition) is 4. The second kappa shape index (κ2) is 6.86. The summed E-state index contributed by atoms with van der Waals surface area (Å²) in [6.45, 7) is 0.274. The van der Waals surface area contributed by atoms with Gasteiger partial charge >= 0.3 is 0 Å². The van der Waals surface area contributed by atoms with Gasteiger partial charge in [-0.2, -0.15) is 0 Å². The van der Waals surface area contributed by atoms with Crippen molar-refractivity contribution in [3.63, 3.8) is 0 Å². The SMILES string of the molecule is CN(C)[C@@H](Cc1ccc(O)cc1Cl)CN1C(=O)c2ccccc2C1=O. The van der Waals surface area contributed by atoms with Crippen molar-refractivity contribution < 1.29 is 14.7 Å². The van der Waals surface area contributed by atoms with E-state index in [1.54, 1.807) is 36.4 Å². The molecule has 1 N–H and O–H groups in total. The number of carbonyl (C=O) groups excluding carboxylic acids is 2. The van der Waals surface area contributed by atoms with Gasteiger partial charge < -0.3 is 10.0 Å². The quantitative estimate of drug-likeness (QED) is 0.835. The fraction of sp³-hybridized carbons (Fsp3) is 0.263. The maximum Gasteiger partial charge on any atom is 0.261 e. The van der Waals surface area contributed by atoms with Gasteiger partial charge in [-0.3, -0.25) is 14.5 Å². The zero-order chi connectivity index (χ0) is 18.1. The van der Waals surface area contributed by atoms with Crippen LogP contribution >= 0.6 is 11.6 Å². The first kappa shape index (κ1) is 17.5. The molecule has 0 aliphatic carbocycles. The molecule has 0 unspecified atom stereocenters. The Morgan fingerprint density at radius 3 is 2.20 bits per heavy atom. The van der Waals surface area contributed by atoms with Crippen LogP contribution in [0.25, 0.3) is 0 Å². The summed E-state index contributed by atoms with van der Waals surface area (Å²) in [5.41, 5.74) is 1.76. The van der Waals surface area contributed by atoms with Crippen LogP contribution in [0.3, 0.4) is 0 Å². The number of carbonyl (C=O) groups is 2. The number of phenolic OH excluding ortho intramolecular Hbond substituents is 1. The Labute approximate surface area is 151 Å². The molecule has 1 aliphatic heterocycles. The van der Waals surface area contributed by atoms with Crippen LogP contribution in [0.2, 0.25) is 5.02 Å². The van der Waals surface area contributed by atoms with Gasteiger partial charge in [-0.15, -0.1) is 0 Å². The summed E-state index contributed by atoms with van der Waals surface area (Å²) in [5.74, 6) is -0.413. The molecule has 2 amide bonds. The smallest absolute Gasteiger partial charge is 0.261 e. The molecular formula is C19H19ClN2O3. The van der Waals surface area contributed by atoms with Gasteiger partial charge in [0.25, 0.3) is 11.8 Å². The molecule has 1 atom stereocenters. The van der Waals surface area contributed by atoms with Crippen molar-refractivity contribution in [3.05, 3.63) is 64.2 Å². The van der Waals surface area contributed by atoms with E-state index in [1.807, 2.05) is 19.0 Å². The topological polar surface area (TPSA) is 60.9 Å². The zero-order valence-electron chi connectivity index (χ0n) is 14.1. The van der Waals surface area contributed by atoms with Crippen LogP contribution in [0, 0.1) is 0 Å². The number of hydrogen-bond donors (Lipinski definition) is 1. The standard InChI is InChI=1S/C19H19ClN2O3/c1-21(2)13(9-12-7-8-14(23)10-17(12)20)11-22-18(24)15-5-3-4-6-16(15)19(22)25/h3-8,10,13,23H,9,11H2,1-2H3/t13-/m0/s1. The molecular weight excluding hydrogens is 340 g/mol. The van der Waals surface area contributed by atoms with Crippen LogP contribution in [0.15, 0.2) is 42.5 Å². The molecule has 0 bridgehead atoms. The van der Waals surface area contributed by atoms with Crippen LogP contribution in [0.4, 0.5) is 0 Å². The van der Waals surface area contributed by atoms with Crippen LogP contribution in [0.5, 0.6) is 5.75 Å². The van der Waals surface area contributed by atoms with E-state index < -0.39 is 0 Å². The average Bonchev–Trinajstić information content (AvgIpc) is 2.81. The zero-order valence-corrected chi connectivity index (χ0v) is 14.8. The molecule has 0 saturated heterocycles. The van der Waals surface area contributed by atoms with E-state index in [0.29, 0.717) is 22.6 Å². The Morgan fingerprint density at radius 1 is 1.08 bits per heavy atom. The molecule has 1 heterocycles. The van der Waals surface area contributed by atoms with Crippen molar-refractivity contribution in [3.8, 4) is 5.75 Å². The highest BCUT2D eigenvalue weighted by Crippen LogP contribution is 2.26. The highest BCUT2D eigenvalue weighted by Gasteiger charge is 2.36. The van der Waals surface area contributed by atoms with Crippen LogP contribution in [0.1, 0.15) is 26.3 Å². The third-order valence-electron chi connectivity index (χ3n) is 4.49. The van der Waals surface area contributed by atoms with E-state index in [-0.39, 0.29) is 30.2 Å². The third-order valence-corrected chi connectivity index (χ3v) is 4.85. The lowest BCUT2D eigenvalue weighted by Crippen LogP contribution is -2.44. The number of phenols is 1. The van der Waals surface area contributed by atoms with Gasteiger partial charge in [0.2, 0.25) is 0 Å². The van der Waals surface area contributed by atoms with Crippen LogP contribution in [-0.2, 0) is 6.42 Å². The monoisotopic (exact) mass is 358 g/mol. The van der Waals surface area contributed by atoms with Crippen molar-refractivity contribution >= 4 is 23.4 Å². The van der Waals surface area contributed by atoms with Crippen molar-refractivity contribution in [2.24, 2.45) is 0 Å². The molecule has 5 nitrogen and oxygen atoms in total. The van der Waals surface area contributed by atoms with Crippen LogP contribution in [-0.4, -0.2) is 53.4 Å². The fourth-order valence-corrected chi connectivity index (χ4v) is 3.23. The molecule has 0 spiro atoms.